The number of benzene rings is 2. The Bertz CT molecular complexity index is 1310. The van der Waals surface area contributed by atoms with Crippen LogP contribution in [0.5, 0.6) is 0 Å². The highest BCUT2D eigenvalue weighted by Crippen LogP contribution is 2.50. The van der Waals surface area contributed by atoms with Crippen molar-refractivity contribution < 1.29 is 4.74 Å². The maximum absolute atomic E-state index is 13.5. The summed E-state index contributed by atoms with van der Waals surface area (Å²) < 4.78 is 7.42. The van der Waals surface area contributed by atoms with E-state index in [9.17, 15) is 4.79 Å². The van der Waals surface area contributed by atoms with Crippen LogP contribution in [-0.2, 0) is 4.74 Å². The molecule has 0 N–H and O–H groups in total. The Hall–Kier alpha value is -3.18. The summed E-state index contributed by atoms with van der Waals surface area (Å²) in [7, 11) is 0. The number of aromatic nitrogens is 2. The van der Waals surface area contributed by atoms with Gasteiger partial charge < -0.3 is 14.2 Å². The number of nitrogens with zero attached hydrogens (tertiary/aromatic N) is 3. The van der Waals surface area contributed by atoms with Crippen molar-refractivity contribution in [2.45, 2.75) is 18.4 Å². The van der Waals surface area contributed by atoms with Crippen molar-refractivity contribution in [3.8, 4) is 0 Å². The smallest absolute Gasteiger partial charge is 0.260 e. The Labute approximate surface area is 174 Å². The molecular formula is C25H23N3O2. The van der Waals surface area contributed by atoms with Gasteiger partial charge in [-0.25, -0.2) is 0 Å². The minimum absolute atomic E-state index is 0.0999. The van der Waals surface area contributed by atoms with Gasteiger partial charge in [-0.1, -0.05) is 36.4 Å². The van der Waals surface area contributed by atoms with Gasteiger partial charge in [0, 0.05) is 42.3 Å². The summed E-state index contributed by atoms with van der Waals surface area (Å²) in [5.41, 5.74) is 3.22. The van der Waals surface area contributed by atoms with Crippen LogP contribution in [-0.4, -0.2) is 35.9 Å². The maximum atomic E-state index is 13.5. The number of hydrogen-bond acceptors (Lipinski definition) is 4. The van der Waals surface area contributed by atoms with Crippen molar-refractivity contribution in [1.82, 2.24) is 9.55 Å². The van der Waals surface area contributed by atoms with Gasteiger partial charge in [-0.2, -0.15) is 0 Å². The predicted octanol–water partition coefficient (Wildman–Crippen LogP) is 4.11. The first kappa shape index (κ1) is 17.7. The summed E-state index contributed by atoms with van der Waals surface area (Å²) in [4.78, 5) is 20.7. The van der Waals surface area contributed by atoms with Crippen LogP contribution in [0, 0.1) is 0 Å². The molecule has 1 saturated heterocycles. The Morgan fingerprint density at radius 3 is 2.63 bits per heavy atom. The van der Waals surface area contributed by atoms with Gasteiger partial charge in [0.2, 0.25) is 0 Å². The summed E-state index contributed by atoms with van der Waals surface area (Å²) in [6, 6.07) is 20.8. The van der Waals surface area contributed by atoms with Crippen molar-refractivity contribution in [3.05, 3.63) is 82.9 Å². The number of para-hydroxylation sites is 1. The average molecular weight is 397 g/mol. The molecule has 1 aliphatic heterocycles. The van der Waals surface area contributed by atoms with Crippen LogP contribution in [0.1, 0.15) is 24.1 Å². The molecule has 150 valence electrons. The van der Waals surface area contributed by atoms with E-state index in [4.69, 9.17) is 9.72 Å². The molecule has 5 nitrogen and oxygen atoms in total. The minimum Gasteiger partial charge on any atom is -0.378 e. The third-order valence-electron chi connectivity index (χ3n) is 6.40. The third-order valence-corrected chi connectivity index (χ3v) is 6.40. The molecule has 1 unspecified atom stereocenters. The Kier molecular flexibility index (Phi) is 4.09. The zero-order chi connectivity index (χ0) is 20.1. The lowest BCUT2D eigenvalue weighted by Crippen LogP contribution is -2.37. The fourth-order valence-electron chi connectivity index (χ4n) is 4.71. The second-order valence-electron chi connectivity index (χ2n) is 8.21. The summed E-state index contributed by atoms with van der Waals surface area (Å²) in [6.45, 7) is 3.05. The topological polar surface area (TPSA) is 47.4 Å². The number of anilines is 1. The van der Waals surface area contributed by atoms with Crippen molar-refractivity contribution in [1.29, 1.82) is 0 Å². The van der Waals surface area contributed by atoms with Crippen LogP contribution in [0.25, 0.3) is 21.7 Å². The van der Waals surface area contributed by atoms with Gasteiger partial charge in [-0.05, 0) is 36.1 Å². The molecule has 0 spiro atoms. The number of ether oxygens (including phenoxy) is 1. The molecule has 6 rings (SSSR count). The summed E-state index contributed by atoms with van der Waals surface area (Å²) in [6.07, 6.45) is 2.91. The quantitative estimate of drug-likeness (QED) is 0.522. The lowest BCUT2D eigenvalue weighted by molar-refractivity contribution is 0.123. The monoisotopic (exact) mass is 397 g/mol. The molecule has 0 bridgehead atoms. The molecular weight excluding hydrogens is 374 g/mol. The molecule has 1 saturated carbocycles. The Morgan fingerprint density at radius 1 is 0.900 bits per heavy atom. The molecule has 0 amide bonds. The second-order valence-corrected chi connectivity index (χ2v) is 8.21. The summed E-state index contributed by atoms with van der Waals surface area (Å²) in [5, 5.41) is 2.97. The third kappa shape index (κ3) is 2.89. The lowest BCUT2D eigenvalue weighted by Gasteiger charge is -2.29. The van der Waals surface area contributed by atoms with Crippen molar-refractivity contribution in [2.75, 3.05) is 31.2 Å². The zero-order valence-electron chi connectivity index (χ0n) is 16.7. The Morgan fingerprint density at radius 2 is 1.73 bits per heavy atom. The summed E-state index contributed by atoms with van der Waals surface area (Å²) >= 11 is 0. The molecule has 2 fully saturated rings. The van der Waals surface area contributed by atoms with E-state index in [1.54, 1.807) is 0 Å². The van der Waals surface area contributed by atoms with E-state index in [2.05, 4.69) is 35.2 Å². The zero-order valence-corrected chi connectivity index (χ0v) is 16.7. The van der Waals surface area contributed by atoms with Crippen LogP contribution in [0.2, 0.25) is 0 Å². The van der Waals surface area contributed by atoms with Crippen LogP contribution in [0.4, 0.5) is 5.69 Å². The number of rotatable bonds is 3. The van der Waals surface area contributed by atoms with Crippen molar-refractivity contribution >= 4 is 27.4 Å². The van der Waals surface area contributed by atoms with E-state index in [0.29, 0.717) is 19.1 Å². The molecule has 2 aromatic carbocycles. The highest BCUT2D eigenvalue weighted by Gasteiger charge is 2.41. The standard InChI is InChI=1S/C25H23N3O2/c29-25-24-18(5-3-7-22(24)27-12-14-30-15-13-27)10-11-28(25)23-16-19(23)21-9-8-17-4-1-2-6-20(17)26-21/h1-11,19,23H,12-16H2/t19?,23-/m1/s1. The molecule has 30 heavy (non-hydrogen) atoms. The minimum atomic E-state index is 0.0999. The first-order valence-electron chi connectivity index (χ1n) is 10.6. The van der Waals surface area contributed by atoms with Gasteiger partial charge in [-0.15, -0.1) is 0 Å². The predicted molar refractivity (Wildman–Crippen MR) is 119 cm³/mol. The average Bonchev–Trinajstić information content (AvgIpc) is 3.60. The molecule has 2 aromatic heterocycles. The van der Waals surface area contributed by atoms with E-state index in [1.807, 2.05) is 41.1 Å². The van der Waals surface area contributed by atoms with Crippen LogP contribution < -0.4 is 10.5 Å². The molecule has 2 atom stereocenters. The van der Waals surface area contributed by atoms with Crippen molar-refractivity contribution in [3.63, 3.8) is 0 Å². The van der Waals surface area contributed by atoms with Gasteiger partial charge >= 0.3 is 0 Å². The molecule has 0 radical (unpaired) electrons. The SMILES string of the molecule is O=c1c2c(N3CCOCC3)cccc2ccn1[C@@H]1CC1c1ccc2ccccc2n1. The van der Waals surface area contributed by atoms with E-state index in [0.717, 1.165) is 52.6 Å². The molecule has 3 heterocycles. The maximum Gasteiger partial charge on any atom is 0.260 e. The summed E-state index contributed by atoms with van der Waals surface area (Å²) in [5.74, 6) is 0.292. The van der Waals surface area contributed by atoms with E-state index < -0.39 is 0 Å². The Balaban J connectivity index is 1.38. The second kappa shape index (κ2) is 6.96. The van der Waals surface area contributed by atoms with Gasteiger partial charge in [-0.3, -0.25) is 9.78 Å². The van der Waals surface area contributed by atoms with E-state index in [-0.39, 0.29) is 11.6 Å². The number of fused-ring (bicyclic) bond motifs is 2. The molecule has 2 aliphatic rings. The lowest BCUT2D eigenvalue weighted by atomic mass is 10.1. The number of morpholine rings is 1. The van der Waals surface area contributed by atoms with Crippen LogP contribution >= 0.6 is 0 Å². The number of pyridine rings is 2. The first-order chi connectivity index (χ1) is 14.8. The van der Waals surface area contributed by atoms with E-state index in [1.165, 1.54) is 0 Å². The van der Waals surface area contributed by atoms with Gasteiger partial charge in [0.1, 0.15) is 0 Å². The van der Waals surface area contributed by atoms with E-state index >= 15 is 0 Å². The molecule has 4 aromatic rings. The van der Waals surface area contributed by atoms with Gasteiger partial charge in [0.15, 0.2) is 0 Å². The van der Waals surface area contributed by atoms with Crippen LogP contribution in [0.3, 0.4) is 0 Å². The van der Waals surface area contributed by atoms with Crippen LogP contribution in [0.15, 0.2) is 71.7 Å². The van der Waals surface area contributed by atoms with Crippen molar-refractivity contribution in [2.24, 2.45) is 0 Å². The number of hydrogen-bond donors (Lipinski definition) is 0. The molecule has 5 heteroatoms. The fraction of sp³-hybridized carbons (Fsp3) is 0.280. The van der Waals surface area contributed by atoms with Gasteiger partial charge in [0.25, 0.3) is 5.56 Å². The fourth-order valence-corrected chi connectivity index (χ4v) is 4.71. The first-order valence-corrected chi connectivity index (χ1v) is 10.6. The van der Waals surface area contributed by atoms with Gasteiger partial charge in [0.05, 0.1) is 29.8 Å². The molecule has 1 aliphatic carbocycles. The highest BCUT2D eigenvalue weighted by atomic mass is 16.5. The normalized spacial score (nSPS) is 21.3. The largest absolute Gasteiger partial charge is 0.378 e. The highest BCUT2D eigenvalue weighted by molar-refractivity contribution is 5.93.